The van der Waals surface area contributed by atoms with Gasteiger partial charge in [-0.2, -0.15) is 0 Å². The largest absolute Gasteiger partial charge is 0.480 e. The van der Waals surface area contributed by atoms with Crippen LogP contribution in [0.4, 0.5) is 5.82 Å². The number of aliphatic carboxylic acids is 1. The van der Waals surface area contributed by atoms with Gasteiger partial charge >= 0.3 is 5.97 Å². The number of rotatable bonds is 6. The first-order valence-electron chi connectivity index (χ1n) is 4.37. The van der Waals surface area contributed by atoms with Gasteiger partial charge in [-0.25, -0.2) is 9.78 Å². The van der Waals surface area contributed by atoms with Gasteiger partial charge in [0.2, 0.25) is 0 Å². The van der Waals surface area contributed by atoms with Gasteiger partial charge < -0.3 is 10.4 Å². The predicted molar refractivity (Wildman–Crippen MR) is 61.9 cm³/mol. The standard InChI is InChI=1S/C10H12N2O2S/c1-2-15-7-8(10(13)14)12-9-5-3-4-6-11-9/h2-6,8H,1,7H2,(H,11,12)(H,13,14)/t8-/m0/s1. The summed E-state index contributed by atoms with van der Waals surface area (Å²) < 4.78 is 0. The van der Waals surface area contributed by atoms with Crippen LogP contribution in [0.25, 0.3) is 0 Å². The number of hydrogen-bond donors (Lipinski definition) is 2. The van der Waals surface area contributed by atoms with Crippen molar-refractivity contribution in [1.29, 1.82) is 0 Å². The smallest absolute Gasteiger partial charge is 0.327 e. The molecule has 0 spiro atoms. The van der Waals surface area contributed by atoms with Gasteiger partial charge in [-0.15, -0.1) is 11.8 Å². The van der Waals surface area contributed by atoms with E-state index in [2.05, 4.69) is 16.9 Å². The van der Waals surface area contributed by atoms with Crippen molar-refractivity contribution < 1.29 is 9.90 Å². The molecule has 1 rings (SSSR count). The highest BCUT2D eigenvalue weighted by Crippen LogP contribution is 2.09. The summed E-state index contributed by atoms with van der Waals surface area (Å²) in [5.41, 5.74) is 0. The van der Waals surface area contributed by atoms with E-state index in [0.717, 1.165) is 0 Å². The number of carboxylic acid groups (broad SMARTS) is 1. The van der Waals surface area contributed by atoms with Crippen LogP contribution in [0, 0.1) is 0 Å². The zero-order chi connectivity index (χ0) is 11.1. The number of nitrogens with zero attached hydrogens (tertiary/aromatic N) is 1. The summed E-state index contributed by atoms with van der Waals surface area (Å²) in [5, 5.41) is 13.4. The summed E-state index contributed by atoms with van der Waals surface area (Å²) in [6.45, 7) is 3.53. The minimum atomic E-state index is -0.894. The zero-order valence-corrected chi connectivity index (χ0v) is 8.91. The Balaban J connectivity index is 2.58. The molecule has 0 aliphatic heterocycles. The highest BCUT2D eigenvalue weighted by molar-refractivity contribution is 8.02. The second-order valence-electron chi connectivity index (χ2n) is 2.75. The molecular formula is C10H12N2O2S. The first-order valence-corrected chi connectivity index (χ1v) is 5.42. The van der Waals surface area contributed by atoms with Crippen LogP contribution in [0.2, 0.25) is 0 Å². The molecule has 0 bridgehead atoms. The Morgan fingerprint density at radius 2 is 2.53 bits per heavy atom. The maximum atomic E-state index is 10.9. The third-order valence-corrected chi connectivity index (χ3v) is 2.43. The SMILES string of the molecule is C=CSC[C@H](Nc1ccccn1)C(=O)O. The van der Waals surface area contributed by atoms with Crippen LogP contribution in [0.15, 0.2) is 36.4 Å². The van der Waals surface area contributed by atoms with Gasteiger partial charge in [0, 0.05) is 11.9 Å². The molecule has 5 heteroatoms. The number of carboxylic acids is 1. The second-order valence-corrected chi connectivity index (χ2v) is 3.75. The normalized spacial score (nSPS) is 11.7. The van der Waals surface area contributed by atoms with Crippen LogP contribution in [-0.2, 0) is 4.79 Å². The molecule has 2 N–H and O–H groups in total. The van der Waals surface area contributed by atoms with Gasteiger partial charge in [-0.1, -0.05) is 12.6 Å². The molecule has 1 heterocycles. The fourth-order valence-electron chi connectivity index (χ4n) is 0.966. The summed E-state index contributed by atoms with van der Waals surface area (Å²) in [4.78, 5) is 14.9. The lowest BCUT2D eigenvalue weighted by Crippen LogP contribution is -2.31. The van der Waals surface area contributed by atoms with Crippen LogP contribution in [0.5, 0.6) is 0 Å². The molecule has 4 nitrogen and oxygen atoms in total. The molecule has 0 aromatic carbocycles. The van der Waals surface area contributed by atoms with E-state index in [1.54, 1.807) is 29.8 Å². The summed E-state index contributed by atoms with van der Waals surface area (Å²) >= 11 is 1.36. The molecule has 1 aromatic rings. The van der Waals surface area contributed by atoms with Crippen molar-refractivity contribution in [2.75, 3.05) is 11.1 Å². The van der Waals surface area contributed by atoms with Crippen molar-refractivity contribution in [1.82, 2.24) is 4.98 Å². The quantitative estimate of drug-likeness (QED) is 0.771. The van der Waals surface area contributed by atoms with Crippen LogP contribution in [0.3, 0.4) is 0 Å². The molecule has 0 radical (unpaired) electrons. The van der Waals surface area contributed by atoms with Crippen LogP contribution in [0.1, 0.15) is 0 Å². The van der Waals surface area contributed by atoms with Crippen LogP contribution < -0.4 is 5.32 Å². The van der Waals surface area contributed by atoms with Crippen molar-refractivity contribution in [2.24, 2.45) is 0 Å². The summed E-state index contributed by atoms with van der Waals surface area (Å²) in [7, 11) is 0. The number of nitrogens with one attached hydrogen (secondary N) is 1. The van der Waals surface area contributed by atoms with E-state index >= 15 is 0 Å². The van der Waals surface area contributed by atoms with E-state index in [1.807, 2.05) is 0 Å². The average Bonchev–Trinajstić information content (AvgIpc) is 2.25. The van der Waals surface area contributed by atoms with E-state index in [1.165, 1.54) is 11.8 Å². The number of hydrogen-bond acceptors (Lipinski definition) is 4. The number of thioether (sulfide) groups is 1. The van der Waals surface area contributed by atoms with Crippen LogP contribution >= 0.6 is 11.8 Å². The summed E-state index contributed by atoms with van der Waals surface area (Å²) in [5.74, 6) is 0.0969. The molecule has 0 unspecified atom stereocenters. The van der Waals surface area contributed by atoms with Gasteiger partial charge in [0.1, 0.15) is 11.9 Å². The maximum absolute atomic E-state index is 10.9. The molecule has 80 valence electrons. The fourth-order valence-corrected chi connectivity index (χ4v) is 1.52. The van der Waals surface area contributed by atoms with Crippen LogP contribution in [-0.4, -0.2) is 27.9 Å². The maximum Gasteiger partial charge on any atom is 0.327 e. The van der Waals surface area contributed by atoms with E-state index in [0.29, 0.717) is 11.6 Å². The summed E-state index contributed by atoms with van der Waals surface area (Å²) in [6, 6.07) is 4.66. The Morgan fingerprint density at radius 1 is 1.73 bits per heavy atom. The average molecular weight is 224 g/mol. The number of anilines is 1. The Hall–Kier alpha value is -1.49. The van der Waals surface area contributed by atoms with Gasteiger partial charge in [0.05, 0.1) is 0 Å². The number of pyridine rings is 1. The molecule has 15 heavy (non-hydrogen) atoms. The molecule has 1 aromatic heterocycles. The Bertz CT molecular complexity index is 329. The van der Waals surface area contributed by atoms with E-state index in [-0.39, 0.29) is 0 Å². The molecule has 0 aliphatic rings. The zero-order valence-electron chi connectivity index (χ0n) is 8.09. The van der Waals surface area contributed by atoms with Gasteiger partial charge in [0.15, 0.2) is 0 Å². The first kappa shape index (κ1) is 11.6. The lowest BCUT2D eigenvalue weighted by atomic mass is 10.3. The predicted octanol–water partition coefficient (Wildman–Crippen LogP) is 1.82. The molecule has 0 saturated carbocycles. The van der Waals surface area contributed by atoms with E-state index < -0.39 is 12.0 Å². The van der Waals surface area contributed by atoms with Gasteiger partial charge in [-0.05, 0) is 17.5 Å². The minimum Gasteiger partial charge on any atom is -0.480 e. The Labute approximate surface area is 92.4 Å². The van der Waals surface area contributed by atoms with E-state index in [9.17, 15) is 4.79 Å². The lowest BCUT2D eigenvalue weighted by Gasteiger charge is -2.13. The Morgan fingerprint density at radius 3 is 3.07 bits per heavy atom. The minimum absolute atomic E-state index is 0.426. The highest BCUT2D eigenvalue weighted by atomic mass is 32.2. The number of carbonyl (C=O) groups is 1. The van der Waals surface area contributed by atoms with E-state index in [4.69, 9.17) is 5.11 Å². The van der Waals surface area contributed by atoms with Crippen molar-refractivity contribution in [3.05, 3.63) is 36.4 Å². The first-order chi connectivity index (χ1) is 7.24. The molecular weight excluding hydrogens is 212 g/mol. The molecule has 0 amide bonds. The molecule has 0 fully saturated rings. The third-order valence-electron chi connectivity index (χ3n) is 1.67. The third kappa shape index (κ3) is 4.03. The second kappa shape index (κ2) is 6.08. The molecule has 1 atom stereocenters. The highest BCUT2D eigenvalue weighted by Gasteiger charge is 2.16. The Kier molecular flexibility index (Phi) is 4.70. The lowest BCUT2D eigenvalue weighted by molar-refractivity contribution is -0.137. The topological polar surface area (TPSA) is 62.2 Å². The molecule has 0 saturated heterocycles. The fraction of sp³-hybridized carbons (Fsp3) is 0.200. The summed E-state index contributed by atoms with van der Waals surface area (Å²) in [6.07, 6.45) is 1.61. The monoisotopic (exact) mass is 224 g/mol. The molecule has 0 aliphatic carbocycles. The van der Waals surface area contributed by atoms with Gasteiger partial charge in [-0.3, -0.25) is 0 Å². The van der Waals surface area contributed by atoms with Crippen molar-refractivity contribution in [3.63, 3.8) is 0 Å². The van der Waals surface area contributed by atoms with Gasteiger partial charge in [0.25, 0.3) is 0 Å². The van der Waals surface area contributed by atoms with Crippen molar-refractivity contribution >= 4 is 23.5 Å². The number of aromatic nitrogens is 1. The van der Waals surface area contributed by atoms with Crippen molar-refractivity contribution in [3.8, 4) is 0 Å². The van der Waals surface area contributed by atoms with Crippen molar-refractivity contribution in [2.45, 2.75) is 6.04 Å².